The van der Waals surface area contributed by atoms with Crippen LogP contribution in [0.15, 0.2) is 6.20 Å². The molecule has 1 aromatic heterocycles. The molecule has 0 spiro atoms. The molecule has 24 heavy (non-hydrogen) atoms. The van der Waals surface area contributed by atoms with Crippen LogP contribution in [0, 0.1) is 11.3 Å². The predicted molar refractivity (Wildman–Crippen MR) is 90.9 cm³/mol. The first kappa shape index (κ1) is 16.9. The third-order valence-corrected chi connectivity index (χ3v) is 4.59. The van der Waals surface area contributed by atoms with E-state index in [1.807, 2.05) is 6.92 Å². The molecule has 7 heteroatoms. The summed E-state index contributed by atoms with van der Waals surface area (Å²) in [6, 6.07) is 2.72. The number of hydrogen-bond acceptors (Lipinski definition) is 7. The van der Waals surface area contributed by atoms with Gasteiger partial charge in [0, 0.05) is 19.3 Å². The Bertz CT molecular complexity index is 575. The van der Waals surface area contributed by atoms with Crippen LogP contribution in [0.25, 0.3) is 0 Å². The smallest absolute Gasteiger partial charge is 0.224 e. The van der Waals surface area contributed by atoms with E-state index in [1.165, 1.54) is 0 Å². The van der Waals surface area contributed by atoms with E-state index >= 15 is 0 Å². The van der Waals surface area contributed by atoms with Gasteiger partial charge < -0.3 is 20.1 Å². The summed E-state index contributed by atoms with van der Waals surface area (Å²) in [5.74, 6) is 1.17. The lowest BCUT2D eigenvalue weighted by molar-refractivity contribution is 0.0346. The summed E-state index contributed by atoms with van der Waals surface area (Å²) >= 11 is 0. The molecule has 1 saturated heterocycles. The number of nitrogens with zero attached hydrogens (tertiary/aromatic N) is 3. The van der Waals surface area contributed by atoms with Crippen molar-refractivity contribution in [2.75, 3.05) is 30.5 Å². The largest absolute Gasteiger partial charge is 0.379 e. The highest BCUT2D eigenvalue weighted by Gasteiger charge is 2.23. The second kappa shape index (κ2) is 8.27. The average molecular weight is 331 g/mol. The van der Waals surface area contributed by atoms with Gasteiger partial charge in [-0.15, -0.1) is 0 Å². The fourth-order valence-corrected chi connectivity index (χ4v) is 3.28. The Balaban J connectivity index is 1.60. The Hall–Kier alpha value is -1.91. The molecule has 0 bridgehead atoms. The molecule has 3 rings (SSSR count). The minimum Gasteiger partial charge on any atom is -0.379 e. The van der Waals surface area contributed by atoms with Crippen LogP contribution in [0.1, 0.15) is 44.6 Å². The number of nitrogens with one attached hydrogen (secondary N) is 2. The van der Waals surface area contributed by atoms with Gasteiger partial charge >= 0.3 is 0 Å². The van der Waals surface area contributed by atoms with E-state index < -0.39 is 0 Å². The van der Waals surface area contributed by atoms with E-state index in [2.05, 4.69) is 26.7 Å². The van der Waals surface area contributed by atoms with Gasteiger partial charge in [-0.2, -0.15) is 10.2 Å². The van der Waals surface area contributed by atoms with Gasteiger partial charge in [-0.25, -0.2) is 4.98 Å². The van der Waals surface area contributed by atoms with Gasteiger partial charge in [0.25, 0.3) is 0 Å². The number of nitriles is 1. The summed E-state index contributed by atoms with van der Waals surface area (Å²) in [6.45, 7) is 4.22. The van der Waals surface area contributed by atoms with Crippen molar-refractivity contribution < 1.29 is 9.47 Å². The molecule has 130 valence electrons. The topological polar surface area (TPSA) is 92.1 Å². The average Bonchev–Trinajstić information content (AvgIpc) is 3.10. The highest BCUT2D eigenvalue weighted by atomic mass is 16.5. The van der Waals surface area contributed by atoms with E-state index in [1.54, 1.807) is 6.20 Å². The lowest BCUT2D eigenvalue weighted by Gasteiger charge is -2.29. The molecular weight excluding hydrogens is 306 g/mol. The maximum absolute atomic E-state index is 9.25. The van der Waals surface area contributed by atoms with E-state index in [4.69, 9.17) is 9.47 Å². The molecule has 1 aliphatic carbocycles. The molecule has 7 nitrogen and oxygen atoms in total. The summed E-state index contributed by atoms with van der Waals surface area (Å²) < 4.78 is 11.1. The zero-order valence-electron chi connectivity index (χ0n) is 14.1. The monoisotopic (exact) mass is 331 g/mol. The molecule has 0 unspecified atom stereocenters. The Morgan fingerprint density at radius 2 is 2.08 bits per heavy atom. The molecule has 2 fully saturated rings. The van der Waals surface area contributed by atoms with Crippen molar-refractivity contribution in [1.82, 2.24) is 9.97 Å². The van der Waals surface area contributed by atoms with Crippen LogP contribution in [0.4, 0.5) is 11.8 Å². The van der Waals surface area contributed by atoms with Gasteiger partial charge in [-0.1, -0.05) is 0 Å². The molecule has 0 amide bonds. The number of aromatic nitrogens is 2. The number of hydrogen-bond donors (Lipinski definition) is 2. The second-order valence-corrected chi connectivity index (χ2v) is 6.35. The summed E-state index contributed by atoms with van der Waals surface area (Å²) in [5.41, 5.74) is 0.465. The lowest BCUT2D eigenvalue weighted by Crippen LogP contribution is -2.30. The predicted octanol–water partition coefficient (Wildman–Crippen LogP) is 2.31. The standard InChI is InChI=1S/C17H25N5O2/c1-2-24-15-5-3-13(4-6-15)21-17-19-10-12(9-18)16(22-17)20-14-7-8-23-11-14/h10,13-15H,2-8,11H2,1H3,(H2,19,20,21,22)/t13-,14-,15-/m1/s1. The first-order valence-corrected chi connectivity index (χ1v) is 8.78. The summed E-state index contributed by atoms with van der Waals surface area (Å²) in [6.07, 6.45) is 7.12. The molecule has 2 heterocycles. The van der Waals surface area contributed by atoms with Crippen molar-refractivity contribution >= 4 is 11.8 Å². The van der Waals surface area contributed by atoms with Gasteiger partial charge in [-0.3, -0.25) is 0 Å². The summed E-state index contributed by atoms with van der Waals surface area (Å²) in [7, 11) is 0. The van der Waals surface area contributed by atoms with Gasteiger partial charge in [-0.05, 0) is 39.0 Å². The molecular formula is C17H25N5O2. The zero-order valence-corrected chi connectivity index (χ0v) is 14.1. The maximum Gasteiger partial charge on any atom is 0.224 e. The third kappa shape index (κ3) is 4.34. The third-order valence-electron chi connectivity index (χ3n) is 4.59. The quantitative estimate of drug-likeness (QED) is 0.826. The van der Waals surface area contributed by atoms with Crippen LogP contribution in [0.2, 0.25) is 0 Å². The first-order chi connectivity index (χ1) is 11.8. The van der Waals surface area contributed by atoms with Gasteiger partial charge in [0.2, 0.25) is 5.95 Å². The van der Waals surface area contributed by atoms with Crippen LogP contribution in [0.3, 0.4) is 0 Å². The Kier molecular flexibility index (Phi) is 5.83. The highest BCUT2D eigenvalue weighted by Crippen LogP contribution is 2.24. The molecule has 1 aliphatic heterocycles. The number of anilines is 2. The van der Waals surface area contributed by atoms with E-state index in [-0.39, 0.29) is 6.04 Å². The fraction of sp³-hybridized carbons (Fsp3) is 0.706. The minimum absolute atomic E-state index is 0.210. The highest BCUT2D eigenvalue weighted by molar-refractivity contribution is 5.54. The van der Waals surface area contributed by atoms with Crippen molar-refractivity contribution in [2.24, 2.45) is 0 Å². The van der Waals surface area contributed by atoms with E-state index in [0.29, 0.717) is 36.1 Å². The molecule has 1 saturated carbocycles. The fourth-order valence-electron chi connectivity index (χ4n) is 3.28. The second-order valence-electron chi connectivity index (χ2n) is 6.35. The Morgan fingerprint density at radius 3 is 2.75 bits per heavy atom. The lowest BCUT2D eigenvalue weighted by atomic mass is 9.93. The van der Waals surface area contributed by atoms with Crippen molar-refractivity contribution in [3.63, 3.8) is 0 Å². The maximum atomic E-state index is 9.25. The Morgan fingerprint density at radius 1 is 1.25 bits per heavy atom. The van der Waals surface area contributed by atoms with Crippen LogP contribution in [-0.2, 0) is 9.47 Å². The van der Waals surface area contributed by atoms with Gasteiger partial charge in [0.15, 0.2) is 0 Å². The molecule has 0 radical (unpaired) electrons. The molecule has 1 aromatic rings. The van der Waals surface area contributed by atoms with Crippen molar-refractivity contribution in [3.8, 4) is 6.07 Å². The number of rotatable bonds is 6. The minimum atomic E-state index is 0.210. The van der Waals surface area contributed by atoms with Gasteiger partial charge in [0.05, 0.1) is 24.9 Å². The van der Waals surface area contributed by atoms with Crippen LogP contribution >= 0.6 is 0 Å². The van der Waals surface area contributed by atoms with Crippen molar-refractivity contribution in [3.05, 3.63) is 11.8 Å². The van der Waals surface area contributed by atoms with E-state index in [9.17, 15) is 5.26 Å². The molecule has 2 N–H and O–H groups in total. The van der Waals surface area contributed by atoms with Crippen molar-refractivity contribution in [1.29, 1.82) is 5.26 Å². The van der Waals surface area contributed by atoms with Gasteiger partial charge in [0.1, 0.15) is 17.5 Å². The van der Waals surface area contributed by atoms with Crippen LogP contribution < -0.4 is 10.6 Å². The molecule has 2 aliphatic rings. The summed E-state index contributed by atoms with van der Waals surface area (Å²) in [4.78, 5) is 8.80. The van der Waals surface area contributed by atoms with Crippen molar-refractivity contribution in [2.45, 2.75) is 57.2 Å². The normalized spacial score (nSPS) is 26.8. The molecule has 1 atom stereocenters. The number of ether oxygens (including phenoxy) is 2. The van der Waals surface area contributed by atoms with Crippen LogP contribution in [-0.4, -0.2) is 48.0 Å². The zero-order chi connectivity index (χ0) is 16.8. The molecule has 0 aromatic carbocycles. The summed E-state index contributed by atoms with van der Waals surface area (Å²) in [5, 5.41) is 16.0. The Labute approximate surface area is 142 Å². The van der Waals surface area contributed by atoms with E-state index in [0.717, 1.165) is 45.3 Å². The van der Waals surface area contributed by atoms with Crippen LogP contribution in [0.5, 0.6) is 0 Å². The SMILES string of the molecule is CCO[C@H]1CC[C@H](Nc2ncc(C#N)c(N[C@@H]3CCOC3)n2)CC1. The first-order valence-electron chi connectivity index (χ1n) is 8.78.